The highest BCUT2D eigenvalue weighted by atomic mass is 16.4. The Morgan fingerprint density at radius 2 is 1.62 bits per heavy atom. The van der Waals surface area contributed by atoms with Crippen LogP contribution in [-0.4, -0.2) is 62.3 Å². The summed E-state index contributed by atoms with van der Waals surface area (Å²) in [5.41, 5.74) is 0. The van der Waals surface area contributed by atoms with Gasteiger partial charge in [-0.05, 0) is 6.42 Å². The summed E-state index contributed by atoms with van der Waals surface area (Å²) in [6.45, 7) is 2.58. The van der Waals surface area contributed by atoms with Crippen LogP contribution in [0.5, 0.6) is 0 Å². The van der Waals surface area contributed by atoms with E-state index < -0.39 is 42.7 Å². The summed E-state index contributed by atoms with van der Waals surface area (Å²) < 4.78 is 0. The van der Waals surface area contributed by atoms with Gasteiger partial charge in [-0.2, -0.15) is 0 Å². The molecule has 6 heteroatoms. The van der Waals surface area contributed by atoms with E-state index in [1.807, 2.05) is 0 Å². The second kappa shape index (κ2) is 6.93. The standard InChI is InChI=1S/C10H20O6/c1-3-5(2)7(13)9(15)10(16)8(14)6(12)4-11/h5-6,8-12,14-16H,3-4H2,1-2H3. The number of ketones is 1. The van der Waals surface area contributed by atoms with Gasteiger partial charge in [0.1, 0.15) is 24.4 Å². The van der Waals surface area contributed by atoms with Crippen molar-refractivity contribution in [3.05, 3.63) is 0 Å². The third kappa shape index (κ3) is 3.80. The number of hydrogen-bond acceptors (Lipinski definition) is 6. The zero-order chi connectivity index (χ0) is 12.9. The average Bonchev–Trinajstić information content (AvgIpc) is 2.32. The fraction of sp³-hybridized carbons (Fsp3) is 0.900. The van der Waals surface area contributed by atoms with Gasteiger partial charge in [-0.15, -0.1) is 0 Å². The summed E-state index contributed by atoms with van der Waals surface area (Å²) in [5.74, 6) is -1.04. The maximum absolute atomic E-state index is 11.5. The van der Waals surface area contributed by atoms with Gasteiger partial charge in [0.2, 0.25) is 0 Å². The van der Waals surface area contributed by atoms with Crippen LogP contribution in [0.25, 0.3) is 0 Å². The molecule has 0 rings (SSSR count). The number of carbonyl (C=O) groups is 1. The van der Waals surface area contributed by atoms with Gasteiger partial charge in [-0.3, -0.25) is 4.79 Å². The van der Waals surface area contributed by atoms with Crippen molar-refractivity contribution in [3.8, 4) is 0 Å². The number of hydrogen-bond donors (Lipinski definition) is 5. The number of Topliss-reactive ketones (excluding diaryl/α,β-unsaturated/α-hetero) is 1. The molecule has 5 N–H and O–H groups in total. The van der Waals surface area contributed by atoms with Crippen LogP contribution in [-0.2, 0) is 4.79 Å². The molecule has 0 heterocycles. The Balaban J connectivity index is 4.48. The Bertz CT molecular complexity index is 219. The number of carbonyl (C=O) groups excluding carboxylic acids is 1. The van der Waals surface area contributed by atoms with Crippen molar-refractivity contribution < 1.29 is 30.3 Å². The molecule has 0 aliphatic carbocycles. The van der Waals surface area contributed by atoms with Gasteiger partial charge in [-0.1, -0.05) is 13.8 Å². The van der Waals surface area contributed by atoms with Crippen LogP contribution in [0.2, 0.25) is 0 Å². The molecular weight excluding hydrogens is 216 g/mol. The largest absolute Gasteiger partial charge is 0.394 e. The van der Waals surface area contributed by atoms with Crippen molar-refractivity contribution in [1.82, 2.24) is 0 Å². The van der Waals surface area contributed by atoms with Gasteiger partial charge in [0, 0.05) is 5.92 Å². The Morgan fingerprint density at radius 3 is 2.00 bits per heavy atom. The second-order valence-corrected chi connectivity index (χ2v) is 3.89. The molecule has 5 atom stereocenters. The summed E-state index contributed by atoms with van der Waals surface area (Å²) >= 11 is 0. The van der Waals surface area contributed by atoms with Crippen molar-refractivity contribution in [2.24, 2.45) is 5.92 Å². The highest BCUT2D eigenvalue weighted by Gasteiger charge is 2.35. The summed E-state index contributed by atoms with van der Waals surface area (Å²) in [7, 11) is 0. The second-order valence-electron chi connectivity index (χ2n) is 3.89. The highest BCUT2D eigenvalue weighted by Crippen LogP contribution is 2.12. The lowest BCUT2D eigenvalue weighted by Crippen LogP contribution is -2.49. The molecule has 5 unspecified atom stereocenters. The van der Waals surface area contributed by atoms with E-state index in [0.717, 1.165) is 0 Å². The summed E-state index contributed by atoms with van der Waals surface area (Å²) in [6.07, 6.45) is -6.40. The molecule has 96 valence electrons. The van der Waals surface area contributed by atoms with E-state index in [0.29, 0.717) is 6.42 Å². The Morgan fingerprint density at radius 1 is 1.12 bits per heavy atom. The number of aliphatic hydroxyl groups is 5. The first-order chi connectivity index (χ1) is 7.36. The topological polar surface area (TPSA) is 118 Å². The van der Waals surface area contributed by atoms with E-state index >= 15 is 0 Å². The van der Waals surface area contributed by atoms with Gasteiger partial charge in [0.05, 0.1) is 6.61 Å². The molecule has 0 radical (unpaired) electrons. The first-order valence-corrected chi connectivity index (χ1v) is 5.23. The number of aliphatic hydroxyl groups excluding tert-OH is 5. The summed E-state index contributed by atoms with van der Waals surface area (Å²) in [4.78, 5) is 11.5. The average molecular weight is 236 g/mol. The first kappa shape index (κ1) is 15.5. The third-order valence-electron chi connectivity index (χ3n) is 2.64. The van der Waals surface area contributed by atoms with E-state index in [2.05, 4.69) is 0 Å². The first-order valence-electron chi connectivity index (χ1n) is 5.23. The van der Waals surface area contributed by atoms with Crippen LogP contribution in [0.3, 0.4) is 0 Å². The quantitative estimate of drug-likeness (QED) is 0.350. The van der Waals surface area contributed by atoms with Gasteiger partial charge in [0.25, 0.3) is 0 Å². The molecule has 0 fully saturated rings. The minimum absolute atomic E-state index is 0.442. The third-order valence-corrected chi connectivity index (χ3v) is 2.64. The van der Waals surface area contributed by atoms with Crippen LogP contribution in [0.15, 0.2) is 0 Å². The smallest absolute Gasteiger partial charge is 0.166 e. The molecule has 0 aromatic heterocycles. The molecule has 0 saturated heterocycles. The maximum Gasteiger partial charge on any atom is 0.166 e. The highest BCUT2D eigenvalue weighted by molar-refractivity contribution is 5.85. The van der Waals surface area contributed by atoms with Gasteiger partial charge in [-0.25, -0.2) is 0 Å². The van der Waals surface area contributed by atoms with E-state index in [1.165, 1.54) is 0 Å². The van der Waals surface area contributed by atoms with Gasteiger partial charge >= 0.3 is 0 Å². The zero-order valence-corrected chi connectivity index (χ0v) is 9.45. The normalized spacial score (nSPS) is 20.9. The Kier molecular flexibility index (Phi) is 6.70. The van der Waals surface area contributed by atoms with Crippen molar-refractivity contribution in [2.75, 3.05) is 6.61 Å². The fourth-order valence-electron chi connectivity index (χ4n) is 1.18. The molecule has 0 aromatic rings. The molecule has 0 bridgehead atoms. The minimum Gasteiger partial charge on any atom is -0.394 e. The molecule has 0 aliphatic heterocycles. The molecule has 0 spiro atoms. The van der Waals surface area contributed by atoms with Crippen molar-refractivity contribution >= 4 is 5.78 Å². The summed E-state index contributed by atoms with van der Waals surface area (Å²) in [5, 5.41) is 45.7. The van der Waals surface area contributed by atoms with Crippen LogP contribution in [0.4, 0.5) is 0 Å². The van der Waals surface area contributed by atoms with Crippen LogP contribution in [0.1, 0.15) is 20.3 Å². The van der Waals surface area contributed by atoms with E-state index in [-0.39, 0.29) is 0 Å². The fourth-order valence-corrected chi connectivity index (χ4v) is 1.18. The summed E-state index contributed by atoms with van der Waals surface area (Å²) in [6, 6.07) is 0. The SMILES string of the molecule is CCC(C)C(=O)C(O)C(O)C(O)C(O)CO. The van der Waals surface area contributed by atoms with Crippen molar-refractivity contribution in [3.63, 3.8) is 0 Å². The molecule has 0 saturated carbocycles. The molecule has 16 heavy (non-hydrogen) atoms. The Labute approximate surface area is 94.2 Å². The predicted molar refractivity (Wildman–Crippen MR) is 55.6 cm³/mol. The van der Waals surface area contributed by atoms with Gasteiger partial charge < -0.3 is 25.5 Å². The van der Waals surface area contributed by atoms with E-state index in [9.17, 15) is 20.1 Å². The molecule has 0 amide bonds. The molecule has 6 nitrogen and oxygen atoms in total. The lowest BCUT2D eigenvalue weighted by Gasteiger charge is -2.26. The Hall–Kier alpha value is -0.530. The minimum atomic E-state index is -1.80. The van der Waals surface area contributed by atoms with Crippen LogP contribution in [0, 0.1) is 5.92 Å². The molecule has 0 aliphatic rings. The maximum atomic E-state index is 11.5. The molecule has 0 aromatic carbocycles. The van der Waals surface area contributed by atoms with Crippen molar-refractivity contribution in [1.29, 1.82) is 0 Å². The van der Waals surface area contributed by atoms with E-state index in [1.54, 1.807) is 13.8 Å². The van der Waals surface area contributed by atoms with E-state index in [4.69, 9.17) is 10.2 Å². The van der Waals surface area contributed by atoms with Crippen molar-refractivity contribution in [2.45, 2.75) is 44.7 Å². The van der Waals surface area contributed by atoms with Crippen LogP contribution < -0.4 is 0 Å². The zero-order valence-electron chi connectivity index (χ0n) is 9.45. The number of rotatable bonds is 7. The lowest BCUT2D eigenvalue weighted by molar-refractivity contribution is -0.150. The monoisotopic (exact) mass is 236 g/mol. The molecular formula is C10H20O6. The van der Waals surface area contributed by atoms with Crippen LogP contribution >= 0.6 is 0 Å². The van der Waals surface area contributed by atoms with Gasteiger partial charge in [0.15, 0.2) is 5.78 Å². The predicted octanol–water partition coefficient (Wildman–Crippen LogP) is -1.96. The lowest BCUT2D eigenvalue weighted by atomic mass is 9.93.